The fraction of sp³-hybridized carbons (Fsp3) is 0.682. The van der Waals surface area contributed by atoms with Gasteiger partial charge < -0.3 is 14.3 Å². The second kappa shape index (κ2) is 24.7. The van der Waals surface area contributed by atoms with E-state index in [0.29, 0.717) is 0 Å². The van der Waals surface area contributed by atoms with Gasteiger partial charge in [0.2, 0.25) is 0 Å². The molecule has 0 unspecified atom stereocenters. The van der Waals surface area contributed by atoms with E-state index in [0.717, 1.165) is 23.8 Å². The summed E-state index contributed by atoms with van der Waals surface area (Å²) in [6, 6.07) is 5.87. The third kappa shape index (κ3) is 24.9. The molecule has 0 aliphatic rings. The predicted octanol–water partition coefficient (Wildman–Crippen LogP) is 6.97. The molecular formula is C22H44O3. The molecule has 0 radical (unpaired) electrons. The molecule has 0 aliphatic heterocycles. The Balaban J connectivity index is -0.000000142. The lowest BCUT2D eigenvalue weighted by Crippen LogP contribution is -1.91. The third-order valence-electron chi connectivity index (χ3n) is 2.69. The summed E-state index contributed by atoms with van der Waals surface area (Å²) in [5.41, 5.74) is 1.21. The molecule has 3 nitrogen and oxygen atoms in total. The predicted molar refractivity (Wildman–Crippen MR) is 113 cm³/mol. The molecule has 3 heteroatoms. The van der Waals surface area contributed by atoms with Gasteiger partial charge in [-0.05, 0) is 37.8 Å². The van der Waals surface area contributed by atoms with Crippen molar-refractivity contribution in [3.05, 3.63) is 23.8 Å². The van der Waals surface area contributed by atoms with Crippen LogP contribution >= 0.6 is 0 Å². The van der Waals surface area contributed by atoms with E-state index in [4.69, 9.17) is 9.47 Å². The number of carbonyl (C=O) groups is 1. The highest BCUT2D eigenvalue weighted by Gasteiger charge is 2.01. The van der Waals surface area contributed by atoms with Gasteiger partial charge in [-0.3, -0.25) is 0 Å². The van der Waals surface area contributed by atoms with E-state index >= 15 is 0 Å². The molecular weight excluding hydrogens is 312 g/mol. The van der Waals surface area contributed by atoms with Crippen LogP contribution in [-0.2, 0) is 11.2 Å². The molecule has 0 bridgehead atoms. The van der Waals surface area contributed by atoms with E-state index in [1.165, 1.54) is 25.8 Å². The largest absolute Gasteiger partial charge is 0.497 e. The van der Waals surface area contributed by atoms with Crippen LogP contribution in [0.1, 0.15) is 81.2 Å². The summed E-state index contributed by atoms with van der Waals surface area (Å²) in [6.07, 6.45) is 2.28. The average Bonchev–Trinajstić information content (AvgIpc) is 2.64. The van der Waals surface area contributed by atoms with Gasteiger partial charge in [-0.25, -0.2) is 0 Å². The summed E-state index contributed by atoms with van der Waals surface area (Å²) >= 11 is 0. The first kappa shape index (κ1) is 31.3. The van der Waals surface area contributed by atoms with Crippen molar-refractivity contribution >= 4 is 5.78 Å². The highest BCUT2D eigenvalue weighted by atomic mass is 16.5. The second-order valence-electron chi connectivity index (χ2n) is 5.24. The van der Waals surface area contributed by atoms with Gasteiger partial charge in [0.1, 0.15) is 17.3 Å². The molecule has 0 amide bonds. The Morgan fingerprint density at radius 3 is 1.60 bits per heavy atom. The zero-order valence-electron chi connectivity index (χ0n) is 18.9. The summed E-state index contributed by atoms with van der Waals surface area (Å²) < 4.78 is 10.3. The number of benzene rings is 1. The third-order valence-corrected chi connectivity index (χ3v) is 2.69. The number of ketones is 1. The number of carbonyl (C=O) groups excluding carboxylic acids is 1. The molecule has 0 atom stereocenters. The van der Waals surface area contributed by atoms with Gasteiger partial charge in [0.15, 0.2) is 0 Å². The number of aryl methyl sites for hydroxylation is 1. The van der Waals surface area contributed by atoms with E-state index in [1.807, 2.05) is 45.9 Å². The Morgan fingerprint density at radius 2 is 1.36 bits per heavy atom. The van der Waals surface area contributed by atoms with Gasteiger partial charge in [-0.15, -0.1) is 0 Å². The number of hydrogen-bond donors (Lipinski definition) is 0. The molecule has 0 heterocycles. The number of methoxy groups -OCH3 is 2. The minimum Gasteiger partial charge on any atom is -0.497 e. The smallest absolute Gasteiger partial charge is 0.126 e. The lowest BCUT2D eigenvalue weighted by Gasteiger charge is -2.07. The Morgan fingerprint density at radius 1 is 0.960 bits per heavy atom. The quantitative estimate of drug-likeness (QED) is 0.584. The van der Waals surface area contributed by atoms with Gasteiger partial charge in [0.05, 0.1) is 14.2 Å². The van der Waals surface area contributed by atoms with Crippen molar-refractivity contribution < 1.29 is 14.3 Å². The topological polar surface area (TPSA) is 35.5 Å². The maximum absolute atomic E-state index is 9.44. The summed E-state index contributed by atoms with van der Waals surface area (Å²) in [6.45, 7) is 19.8. The van der Waals surface area contributed by atoms with Crippen LogP contribution in [0.4, 0.5) is 0 Å². The van der Waals surface area contributed by atoms with Crippen molar-refractivity contribution in [3.63, 3.8) is 0 Å². The van der Waals surface area contributed by atoms with Crippen molar-refractivity contribution in [1.29, 1.82) is 0 Å². The summed E-state index contributed by atoms with van der Waals surface area (Å²) in [4.78, 5) is 9.44. The fourth-order valence-corrected chi connectivity index (χ4v) is 1.14. The Hall–Kier alpha value is -1.51. The van der Waals surface area contributed by atoms with Gasteiger partial charge in [-0.2, -0.15) is 0 Å². The summed E-state index contributed by atoms with van der Waals surface area (Å²) in [5.74, 6) is 2.79. The number of Topliss-reactive ketones (excluding diaryl/α,β-unsaturated/α-hetero) is 1. The average molecular weight is 357 g/mol. The molecule has 0 aliphatic carbocycles. The highest BCUT2D eigenvalue weighted by molar-refractivity contribution is 5.72. The van der Waals surface area contributed by atoms with E-state index in [2.05, 4.69) is 27.7 Å². The molecule has 0 saturated heterocycles. The van der Waals surface area contributed by atoms with Gasteiger partial charge >= 0.3 is 0 Å². The van der Waals surface area contributed by atoms with Crippen LogP contribution in [0.15, 0.2) is 18.2 Å². The SMILES string of the molecule is CC.CC.CC(C)=O.CCC(C)C.CCc1ccc(OC)cc1OC. The lowest BCUT2D eigenvalue weighted by molar-refractivity contribution is -0.114. The van der Waals surface area contributed by atoms with E-state index < -0.39 is 0 Å². The summed E-state index contributed by atoms with van der Waals surface area (Å²) in [7, 11) is 3.33. The Labute approximate surface area is 158 Å². The number of rotatable bonds is 4. The molecule has 0 N–H and O–H groups in total. The molecule has 1 aromatic rings. The van der Waals surface area contributed by atoms with Crippen LogP contribution in [-0.4, -0.2) is 20.0 Å². The first-order chi connectivity index (χ1) is 11.8. The Kier molecular flexibility index (Phi) is 31.0. The van der Waals surface area contributed by atoms with E-state index in [9.17, 15) is 4.79 Å². The van der Waals surface area contributed by atoms with Gasteiger partial charge in [0.25, 0.3) is 0 Å². The second-order valence-corrected chi connectivity index (χ2v) is 5.24. The van der Waals surface area contributed by atoms with E-state index in [1.54, 1.807) is 14.2 Å². The molecule has 0 spiro atoms. The van der Waals surface area contributed by atoms with Crippen LogP contribution in [0, 0.1) is 5.92 Å². The standard InChI is InChI=1S/C10H14O2.C5H12.C3H6O.2C2H6/c1-4-8-5-6-9(11-2)7-10(8)12-3;1-4-5(2)3;1-3(2)4;2*1-2/h5-7H,4H2,1-3H3;5H,4H2,1-3H3;1-2H3;2*1-2H3. The zero-order chi connectivity index (χ0) is 20.8. The maximum atomic E-state index is 9.44. The first-order valence-corrected chi connectivity index (χ1v) is 9.50. The van der Waals surface area contributed by atoms with Crippen molar-refractivity contribution in [3.8, 4) is 11.5 Å². The minimum atomic E-state index is 0.167. The van der Waals surface area contributed by atoms with Crippen LogP contribution in [0.25, 0.3) is 0 Å². The molecule has 1 aromatic carbocycles. The highest BCUT2D eigenvalue weighted by Crippen LogP contribution is 2.24. The van der Waals surface area contributed by atoms with Crippen molar-refractivity contribution in [2.75, 3.05) is 14.2 Å². The van der Waals surface area contributed by atoms with Crippen molar-refractivity contribution in [2.24, 2.45) is 5.92 Å². The van der Waals surface area contributed by atoms with Crippen LogP contribution in [0.2, 0.25) is 0 Å². The normalized spacial score (nSPS) is 8.04. The van der Waals surface area contributed by atoms with E-state index in [-0.39, 0.29) is 5.78 Å². The van der Waals surface area contributed by atoms with Crippen LogP contribution in [0.5, 0.6) is 11.5 Å². The number of ether oxygens (including phenoxy) is 2. The molecule has 0 saturated carbocycles. The molecule has 1 rings (SSSR count). The monoisotopic (exact) mass is 356 g/mol. The van der Waals surface area contributed by atoms with Gasteiger partial charge in [-0.1, -0.05) is 67.9 Å². The minimum absolute atomic E-state index is 0.167. The van der Waals surface area contributed by atoms with Crippen LogP contribution < -0.4 is 9.47 Å². The molecule has 25 heavy (non-hydrogen) atoms. The van der Waals surface area contributed by atoms with Crippen molar-refractivity contribution in [2.45, 2.75) is 82.1 Å². The molecule has 0 fully saturated rings. The lowest BCUT2D eigenvalue weighted by atomic mass is 10.1. The zero-order valence-corrected chi connectivity index (χ0v) is 18.9. The Bertz CT molecular complexity index is 381. The van der Waals surface area contributed by atoms with Gasteiger partial charge in [0, 0.05) is 6.07 Å². The molecule has 0 aromatic heterocycles. The first-order valence-electron chi connectivity index (χ1n) is 9.50. The maximum Gasteiger partial charge on any atom is 0.126 e. The number of hydrogen-bond acceptors (Lipinski definition) is 3. The van der Waals surface area contributed by atoms with Crippen molar-refractivity contribution in [1.82, 2.24) is 0 Å². The summed E-state index contributed by atoms with van der Waals surface area (Å²) in [5, 5.41) is 0. The molecule has 150 valence electrons. The van der Waals surface area contributed by atoms with Crippen LogP contribution in [0.3, 0.4) is 0 Å². The fourth-order valence-electron chi connectivity index (χ4n) is 1.14.